The van der Waals surface area contributed by atoms with Crippen LogP contribution >= 0.6 is 0 Å². The molecule has 0 unspecified atom stereocenters. The lowest BCUT2D eigenvalue weighted by atomic mass is 10.2. The Morgan fingerprint density at radius 1 is 0.966 bits per heavy atom. The third-order valence-corrected chi connectivity index (χ3v) is 4.93. The van der Waals surface area contributed by atoms with Gasteiger partial charge in [-0.1, -0.05) is 18.2 Å². The van der Waals surface area contributed by atoms with Gasteiger partial charge in [-0.05, 0) is 43.3 Å². The van der Waals surface area contributed by atoms with E-state index < -0.39 is 6.10 Å². The van der Waals surface area contributed by atoms with Crippen molar-refractivity contribution in [1.82, 2.24) is 20.1 Å². The number of pyridine rings is 1. The molecule has 3 heterocycles. The van der Waals surface area contributed by atoms with Crippen molar-refractivity contribution < 1.29 is 9.53 Å². The number of carbonyl (C=O) groups is 1. The minimum Gasteiger partial charge on any atom is -0.481 e. The molecule has 1 aromatic carbocycles. The molecule has 1 aliphatic heterocycles. The van der Waals surface area contributed by atoms with Crippen LogP contribution in [0.3, 0.4) is 0 Å². The highest BCUT2D eigenvalue weighted by Gasteiger charge is 2.26. The van der Waals surface area contributed by atoms with Gasteiger partial charge in [-0.25, -0.2) is 0 Å². The topological polar surface area (TPSA) is 71.5 Å². The summed E-state index contributed by atoms with van der Waals surface area (Å²) < 4.78 is 5.76. The van der Waals surface area contributed by atoms with Gasteiger partial charge in [0.1, 0.15) is 5.75 Å². The Balaban J connectivity index is 1.32. The first-order valence-corrected chi connectivity index (χ1v) is 9.70. The summed E-state index contributed by atoms with van der Waals surface area (Å²) >= 11 is 0. The summed E-state index contributed by atoms with van der Waals surface area (Å²) in [5, 5.41) is 8.68. The third kappa shape index (κ3) is 4.51. The fraction of sp³-hybridized carbons (Fsp3) is 0.273. The van der Waals surface area contributed by atoms with Gasteiger partial charge in [-0.15, -0.1) is 10.2 Å². The van der Waals surface area contributed by atoms with Crippen LogP contribution in [0.4, 0.5) is 5.82 Å². The molecule has 7 heteroatoms. The molecule has 29 heavy (non-hydrogen) atoms. The van der Waals surface area contributed by atoms with Crippen molar-refractivity contribution in [2.45, 2.75) is 13.0 Å². The van der Waals surface area contributed by atoms with E-state index in [1.54, 1.807) is 19.3 Å². The van der Waals surface area contributed by atoms with Crippen LogP contribution in [0.15, 0.2) is 67.0 Å². The number of amides is 1. The highest BCUT2D eigenvalue weighted by molar-refractivity contribution is 5.81. The molecule has 1 aliphatic rings. The smallest absolute Gasteiger partial charge is 0.263 e. The largest absolute Gasteiger partial charge is 0.481 e. The van der Waals surface area contributed by atoms with Crippen LogP contribution in [-0.4, -0.2) is 58.3 Å². The number of nitrogens with zero attached hydrogens (tertiary/aromatic N) is 5. The van der Waals surface area contributed by atoms with E-state index in [9.17, 15) is 4.79 Å². The van der Waals surface area contributed by atoms with Gasteiger partial charge in [0, 0.05) is 44.1 Å². The fourth-order valence-electron chi connectivity index (χ4n) is 3.33. The summed E-state index contributed by atoms with van der Waals surface area (Å²) in [6.07, 6.45) is 2.99. The van der Waals surface area contributed by atoms with Crippen molar-refractivity contribution in [3.8, 4) is 17.0 Å². The summed E-state index contributed by atoms with van der Waals surface area (Å²) in [5.41, 5.74) is 1.73. The van der Waals surface area contributed by atoms with Gasteiger partial charge in [-0.2, -0.15) is 0 Å². The number of piperazine rings is 1. The van der Waals surface area contributed by atoms with Gasteiger partial charge in [0.05, 0.1) is 5.69 Å². The molecule has 0 spiro atoms. The van der Waals surface area contributed by atoms with Crippen molar-refractivity contribution in [3.63, 3.8) is 0 Å². The molecular weight excluding hydrogens is 366 g/mol. The molecule has 0 saturated carbocycles. The summed E-state index contributed by atoms with van der Waals surface area (Å²) in [6, 6.07) is 17.2. The van der Waals surface area contributed by atoms with Crippen molar-refractivity contribution in [2.24, 2.45) is 0 Å². The number of hydrogen-bond acceptors (Lipinski definition) is 6. The molecule has 7 nitrogen and oxygen atoms in total. The maximum Gasteiger partial charge on any atom is 0.263 e. The van der Waals surface area contributed by atoms with E-state index in [1.165, 1.54) is 0 Å². The maximum atomic E-state index is 12.7. The summed E-state index contributed by atoms with van der Waals surface area (Å²) in [5.74, 6) is 1.53. The second-order valence-corrected chi connectivity index (χ2v) is 6.90. The molecule has 1 saturated heterocycles. The summed E-state index contributed by atoms with van der Waals surface area (Å²) in [7, 11) is 0. The van der Waals surface area contributed by atoms with Crippen LogP contribution in [0.5, 0.6) is 5.75 Å². The van der Waals surface area contributed by atoms with Gasteiger partial charge in [-0.3, -0.25) is 9.78 Å². The fourth-order valence-corrected chi connectivity index (χ4v) is 3.33. The van der Waals surface area contributed by atoms with Crippen molar-refractivity contribution in [2.75, 3.05) is 31.1 Å². The van der Waals surface area contributed by atoms with E-state index in [0.29, 0.717) is 31.9 Å². The van der Waals surface area contributed by atoms with Gasteiger partial charge in [0.15, 0.2) is 11.9 Å². The molecule has 0 aliphatic carbocycles. The maximum absolute atomic E-state index is 12.7. The molecule has 1 atom stereocenters. The lowest BCUT2D eigenvalue weighted by Crippen LogP contribution is -2.52. The Bertz CT molecular complexity index is 926. The molecule has 0 N–H and O–H groups in total. The van der Waals surface area contributed by atoms with Gasteiger partial charge >= 0.3 is 0 Å². The lowest BCUT2D eigenvalue weighted by Gasteiger charge is -2.36. The Labute approximate surface area is 170 Å². The average molecular weight is 389 g/mol. The summed E-state index contributed by atoms with van der Waals surface area (Å²) in [4.78, 5) is 20.8. The van der Waals surface area contributed by atoms with E-state index >= 15 is 0 Å². The predicted molar refractivity (Wildman–Crippen MR) is 111 cm³/mol. The van der Waals surface area contributed by atoms with E-state index in [2.05, 4.69) is 20.1 Å². The number of para-hydroxylation sites is 1. The van der Waals surface area contributed by atoms with E-state index in [1.807, 2.05) is 59.5 Å². The van der Waals surface area contributed by atoms with E-state index in [0.717, 1.165) is 17.1 Å². The van der Waals surface area contributed by atoms with Gasteiger partial charge in [0.25, 0.3) is 5.91 Å². The van der Waals surface area contributed by atoms with Crippen LogP contribution in [0.25, 0.3) is 11.3 Å². The quantitative estimate of drug-likeness (QED) is 0.668. The molecule has 2 aromatic heterocycles. The molecule has 148 valence electrons. The Morgan fingerprint density at radius 3 is 2.41 bits per heavy atom. The molecule has 3 aromatic rings. The summed E-state index contributed by atoms with van der Waals surface area (Å²) in [6.45, 7) is 4.49. The van der Waals surface area contributed by atoms with E-state index in [-0.39, 0.29) is 5.91 Å². The van der Waals surface area contributed by atoms with Crippen molar-refractivity contribution in [1.29, 1.82) is 0 Å². The number of ether oxygens (including phenoxy) is 1. The molecule has 0 bridgehead atoms. The Hall–Kier alpha value is -3.48. The van der Waals surface area contributed by atoms with Crippen molar-refractivity contribution >= 4 is 11.7 Å². The van der Waals surface area contributed by atoms with Gasteiger partial charge in [0.2, 0.25) is 0 Å². The molecule has 0 radical (unpaired) electrons. The molecule has 1 fully saturated rings. The first-order valence-electron chi connectivity index (χ1n) is 9.70. The highest BCUT2D eigenvalue weighted by Crippen LogP contribution is 2.19. The number of anilines is 1. The zero-order chi connectivity index (χ0) is 20.1. The van der Waals surface area contributed by atoms with Crippen molar-refractivity contribution in [3.05, 3.63) is 67.0 Å². The first kappa shape index (κ1) is 18.9. The van der Waals surface area contributed by atoms with Crippen LogP contribution < -0.4 is 9.64 Å². The monoisotopic (exact) mass is 389 g/mol. The molecular formula is C22H23N5O2. The van der Waals surface area contributed by atoms with Crippen LogP contribution in [0.2, 0.25) is 0 Å². The minimum absolute atomic E-state index is 0.00603. The molecule has 1 amide bonds. The number of rotatable bonds is 5. The normalized spacial score (nSPS) is 15.1. The van der Waals surface area contributed by atoms with E-state index in [4.69, 9.17) is 4.74 Å². The SMILES string of the molecule is C[C@H](Oc1ccccc1)C(=O)N1CCN(c2ccc(-c3cccnc3)nn2)CC1. The van der Waals surface area contributed by atoms with Gasteiger partial charge < -0.3 is 14.5 Å². The second-order valence-electron chi connectivity index (χ2n) is 6.90. The number of hydrogen-bond donors (Lipinski definition) is 0. The van der Waals surface area contributed by atoms with Crippen LogP contribution in [0, 0.1) is 0 Å². The number of benzene rings is 1. The average Bonchev–Trinajstić information content (AvgIpc) is 2.80. The first-order chi connectivity index (χ1) is 14.2. The lowest BCUT2D eigenvalue weighted by molar-refractivity contribution is -0.138. The highest BCUT2D eigenvalue weighted by atomic mass is 16.5. The zero-order valence-electron chi connectivity index (χ0n) is 16.3. The number of carbonyl (C=O) groups excluding carboxylic acids is 1. The molecule has 4 rings (SSSR count). The third-order valence-electron chi connectivity index (χ3n) is 4.93. The van der Waals surface area contributed by atoms with Crippen LogP contribution in [0.1, 0.15) is 6.92 Å². The second kappa shape index (κ2) is 8.68. The Kier molecular flexibility index (Phi) is 5.65. The number of aromatic nitrogens is 3. The standard InChI is InChI=1S/C22H23N5O2/c1-17(29-19-7-3-2-4-8-19)22(28)27-14-12-26(13-15-27)21-10-9-20(24-25-21)18-6-5-11-23-16-18/h2-11,16-17H,12-15H2,1H3/t17-/m0/s1. The van der Waals surface area contributed by atoms with Crippen LogP contribution in [-0.2, 0) is 4.79 Å². The predicted octanol–water partition coefficient (Wildman–Crippen LogP) is 2.65. The minimum atomic E-state index is -0.512. The Morgan fingerprint density at radius 2 is 1.76 bits per heavy atom. The zero-order valence-corrected chi connectivity index (χ0v) is 16.3.